The summed E-state index contributed by atoms with van der Waals surface area (Å²) in [5.41, 5.74) is 5.63. The first-order valence-electron chi connectivity index (χ1n) is 9.91. The van der Waals surface area contributed by atoms with Crippen molar-refractivity contribution in [3.8, 4) is 11.5 Å². The highest BCUT2D eigenvalue weighted by atomic mass is 16.5. The van der Waals surface area contributed by atoms with E-state index in [4.69, 9.17) is 9.47 Å². The summed E-state index contributed by atoms with van der Waals surface area (Å²) in [7, 11) is 0. The Morgan fingerprint density at radius 2 is 1.70 bits per heavy atom. The van der Waals surface area contributed by atoms with Crippen molar-refractivity contribution in [1.82, 2.24) is 5.43 Å². The van der Waals surface area contributed by atoms with Gasteiger partial charge in [-0.1, -0.05) is 68.4 Å². The molecule has 30 heavy (non-hydrogen) atoms. The molecule has 0 saturated carbocycles. The van der Waals surface area contributed by atoms with Gasteiger partial charge in [-0.15, -0.1) is 0 Å². The van der Waals surface area contributed by atoms with Gasteiger partial charge in [0.05, 0.1) is 6.21 Å². The van der Waals surface area contributed by atoms with Crippen molar-refractivity contribution < 1.29 is 14.3 Å². The number of amides is 1. The fraction of sp³-hybridized carbons (Fsp3) is 0.200. The van der Waals surface area contributed by atoms with Crippen molar-refractivity contribution in [1.29, 1.82) is 0 Å². The molecule has 0 atom stereocenters. The van der Waals surface area contributed by atoms with Crippen LogP contribution in [0.5, 0.6) is 11.5 Å². The van der Waals surface area contributed by atoms with Crippen LogP contribution in [0.2, 0.25) is 0 Å². The molecule has 1 amide bonds. The van der Waals surface area contributed by atoms with Crippen LogP contribution in [0.15, 0.2) is 84.0 Å². The molecule has 154 valence electrons. The van der Waals surface area contributed by atoms with Crippen LogP contribution in [0, 0.1) is 0 Å². The van der Waals surface area contributed by atoms with E-state index in [1.807, 2.05) is 78.9 Å². The Morgan fingerprint density at radius 3 is 2.43 bits per heavy atom. The number of hydrazone groups is 1. The number of rotatable bonds is 9. The van der Waals surface area contributed by atoms with E-state index in [9.17, 15) is 4.79 Å². The summed E-state index contributed by atoms with van der Waals surface area (Å²) in [4.78, 5) is 11.9. The highest BCUT2D eigenvalue weighted by molar-refractivity contribution is 5.83. The van der Waals surface area contributed by atoms with E-state index in [-0.39, 0.29) is 12.5 Å². The monoisotopic (exact) mass is 402 g/mol. The molecular formula is C25H26N2O3. The van der Waals surface area contributed by atoms with Gasteiger partial charge in [0.15, 0.2) is 6.61 Å². The van der Waals surface area contributed by atoms with Crippen molar-refractivity contribution in [2.75, 3.05) is 6.61 Å². The smallest absolute Gasteiger partial charge is 0.277 e. The lowest BCUT2D eigenvalue weighted by molar-refractivity contribution is -0.123. The zero-order valence-electron chi connectivity index (χ0n) is 17.2. The van der Waals surface area contributed by atoms with Crippen molar-refractivity contribution in [2.24, 2.45) is 5.10 Å². The van der Waals surface area contributed by atoms with Crippen LogP contribution in [-0.4, -0.2) is 18.7 Å². The van der Waals surface area contributed by atoms with Crippen LogP contribution in [-0.2, 0) is 11.4 Å². The minimum Gasteiger partial charge on any atom is -0.489 e. The number of hydrogen-bond donors (Lipinski definition) is 1. The Kier molecular flexibility index (Phi) is 7.61. The van der Waals surface area contributed by atoms with Gasteiger partial charge in [-0.2, -0.15) is 5.10 Å². The molecular weight excluding hydrogens is 376 g/mol. The topological polar surface area (TPSA) is 59.9 Å². The fourth-order valence-corrected chi connectivity index (χ4v) is 2.73. The first kappa shape index (κ1) is 21.1. The van der Waals surface area contributed by atoms with Gasteiger partial charge >= 0.3 is 0 Å². The third kappa shape index (κ3) is 6.78. The third-order valence-electron chi connectivity index (χ3n) is 4.43. The number of benzene rings is 3. The summed E-state index contributed by atoms with van der Waals surface area (Å²) < 4.78 is 11.3. The lowest BCUT2D eigenvalue weighted by Crippen LogP contribution is -2.24. The molecule has 0 aliphatic heterocycles. The normalized spacial score (nSPS) is 10.9. The molecule has 0 radical (unpaired) electrons. The molecule has 0 unspecified atom stereocenters. The van der Waals surface area contributed by atoms with Gasteiger partial charge in [-0.25, -0.2) is 5.43 Å². The minimum absolute atomic E-state index is 0.0986. The van der Waals surface area contributed by atoms with Crippen LogP contribution in [0.3, 0.4) is 0 Å². The van der Waals surface area contributed by atoms with Crippen molar-refractivity contribution >= 4 is 12.1 Å². The van der Waals surface area contributed by atoms with Gasteiger partial charge in [0.1, 0.15) is 18.1 Å². The number of ether oxygens (including phenoxy) is 2. The van der Waals surface area contributed by atoms with E-state index in [0.717, 1.165) is 16.9 Å². The number of carbonyl (C=O) groups excluding carboxylic acids is 1. The van der Waals surface area contributed by atoms with E-state index >= 15 is 0 Å². The molecule has 0 bridgehead atoms. The maximum atomic E-state index is 11.9. The predicted octanol–water partition coefficient (Wildman–Crippen LogP) is 4.92. The van der Waals surface area contributed by atoms with Crippen LogP contribution in [0.4, 0.5) is 0 Å². The summed E-state index contributed by atoms with van der Waals surface area (Å²) in [6, 6.07) is 25.2. The Balaban J connectivity index is 1.44. The van der Waals surface area contributed by atoms with E-state index < -0.39 is 0 Å². The second-order valence-corrected chi connectivity index (χ2v) is 7.15. The molecule has 0 aromatic heterocycles. The third-order valence-corrected chi connectivity index (χ3v) is 4.43. The van der Waals surface area contributed by atoms with Gasteiger partial charge < -0.3 is 9.47 Å². The number of nitrogens with one attached hydrogen (secondary N) is 1. The quantitative estimate of drug-likeness (QED) is 0.408. The van der Waals surface area contributed by atoms with Gasteiger partial charge in [0, 0.05) is 0 Å². The van der Waals surface area contributed by atoms with Gasteiger partial charge in [-0.05, 0) is 46.9 Å². The summed E-state index contributed by atoms with van der Waals surface area (Å²) in [6.07, 6.45) is 1.57. The highest BCUT2D eigenvalue weighted by Crippen LogP contribution is 2.18. The van der Waals surface area contributed by atoms with Crippen LogP contribution in [0.25, 0.3) is 0 Å². The maximum absolute atomic E-state index is 11.9. The predicted molar refractivity (Wildman–Crippen MR) is 119 cm³/mol. The molecule has 3 aromatic carbocycles. The standard InChI is InChI=1S/C25H26N2O3/c1-19(2)22-11-13-23(14-12-22)30-18-25(28)27-26-16-21-9-6-10-24(15-21)29-17-20-7-4-3-5-8-20/h3-16,19H,17-18H2,1-2H3,(H,27,28). The minimum atomic E-state index is -0.323. The Labute approximate surface area is 177 Å². The molecule has 5 heteroatoms. The number of hydrogen-bond acceptors (Lipinski definition) is 4. The summed E-state index contributed by atoms with van der Waals surface area (Å²) in [5, 5.41) is 3.99. The lowest BCUT2D eigenvalue weighted by Gasteiger charge is -2.08. The second kappa shape index (κ2) is 10.8. The van der Waals surface area contributed by atoms with Crippen LogP contribution in [0.1, 0.15) is 36.5 Å². The first-order valence-corrected chi connectivity index (χ1v) is 9.91. The molecule has 3 rings (SSSR count). The number of nitrogens with zero attached hydrogens (tertiary/aromatic N) is 1. The van der Waals surface area contributed by atoms with Crippen molar-refractivity contribution in [3.63, 3.8) is 0 Å². The van der Waals surface area contributed by atoms with E-state index in [2.05, 4.69) is 24.4 Å². The molecule has 0 aliphatic carbocycles. The first-order chi connectivity index (χ1) is 14.6. The SMILES string of the molecule is CC(C)c1ccc(OCC(=O)NN=Cc2cccc(OCc3ccccc3)c2)cc1. The van der Waals surface area contributed by atoms with Gasteiger partial charge in [-0.3, -0.25) is 4.79 Å². The van der Waals surface area contributed by atoms with Gasteiger partial charge in [0.2, 0.25) is 0 Å². The molecule has 0 saturated heterocycles. The van der Waals surface area contributed by atoms with E-state index in [0.29, 0.717) is 18.3 Å². The van der Waals surface area contributed by atoms with Crippen LogP contribution < -0.4 is 14.9 Å². The lowest BCUT2D eigenvalue weighted by atomic mass is 10.0. The fourth-order valence-electron chi connectivity index (χ4n) is 2.73. The average molecular weight is 402 g/mol. The Hall–Kier alpha value is -3.60. The van der Waals surface area contributed by atoms with Crippen molar-refractivity contribution in [3.05, 3.63) is 95.6 Å². The van der Waals surface area contributed by atoms with Crippen LogP contribution >= 0.6 is 0 Å². The Morgan fingerprint density at radius 1 is 0.933 bits per heavy atom. The molecule has 0 fully saturated rings. The largest absolute Gasteiger partial charge is 0.489 e. The zero-order valence-corrected chi connectivity index (χ0v) is 17.2. The molecule has 1 N–H and O–H groups in total. The molecule has 5 nitrogen and oxygen atoms in total. The average Bonchev–Trinajstić information content (AvgIpc) is 2.77. The Bertz CT molecular complexity index is 967. The van der Waals surface area contributed by atoms with E-state index in [1.165, 1.54) is 5.56 Å². The molecule has 0 spiro atoms. The molecule has 0 heterocycles. The van der Waals surface area contributed by atoms with Crippen molar-refractivity contribution in [2.45, 2.75) is 26.4 Å². The highest BCUT2D eigenvalue weighted by Gasteiger charge is 2.03. The summed E-state index contributed by atoms with van der Waals surface area (Å²) >= 11 is 0. The number of carbonyl (C=O) groups is 1. The molecule has 0 aliphatic rings. The molecule has 3 aromatic rings. The maximum Gasteiger partial charge on any atom is 0.277 e. The summed E-state index contributed by atoms with van der Waals surface area (Å²) in [6.45, 7) is 4.66. The van der Waals surface area contributed by atoms with Gasteiger partial charge in [0.25, 0.3) is 5.91 Å². The second-order valence-electron chi connectivity index (χ2n) is 7.15. The van der Waals surface area contributed by atoms with E-state index in [1.54, 1.807) is 6.21 Å². The summed E-state index contributed by atoms with van der Waals surface area (Å²) in [5.74, 6) is 1.53. The zero-order chi connectivity index (χ0) is 21.2.